The molecule has 0 heterocycles. The molecule has 7 heteroatoms. The van der Waals surface area contributed by atoms with Crippen molar-refractivity contribution in [1.29, 1.82) is 0 Å². The van der Waals surface area contributed by atoms with Gasteiger partial charge in [0, 0.05) is 40.2 Å². The molecule has 162 valence electrons. The second kappa shape index (κ2) is 11.0. The number of hydrogen-bond acceptors (Lipinski definition) is 3. The second-order valence-electron chi connectivity index (χ2n) is 7.16. The largest absolute Gasteiger partial charge is 0.399 e. The van der Waals surface area contributed by atoms with Crippen LogP contribution in [0.15, 0.2) is 66.7 Å². The van der Waals surface area contributed by atoms with Crippen molar-refractivity contribution in [3.8, 4) is 11.1 Å². The predicted molar refractivity (Wildman–Crippen MR) is 132 cm³/mol. The Morgan fingerprint density at radius 3 is 2.29 bits per heavy atom. The third-order valence-electron chi connectivity index (χ3n) is 4.70. The molecular formula is C24H26Cl2N4O. The minimum Gasteiger partial charge on any atom is -0.399 e. The molecule has 0 spiro atoms. The number of carbonyl (C=O) groups excluding carboxylic acids is 1. The van der Waals surface area contributed by atoms with Gasteiger partial charge in [0.05, 0.1) is 0 Å². The summed E-state index contributed by atoms with van der Waals surface area (Å²) in [5.74, 6) is 0. The number of hydrogen-bond donors (Lipinski definition) is 3. The molecule has 4 N–H and O–H groups in total. The van der Waals surface area contributed by atoms with Crippen LogP contribution in [-0.2, 0) is 0 Å². The zero-order valence-electron chi connectivity index (χ0n) is 17.4. The van der Waals surface area contributed by atoms with E-state index in [0.717, 1.165) is 29.8 Å². The van der Waals surface area contributed by atoms with Gasteiger partial charge in [0.15, 0.2) is 0 Å². The molecule has 0 fully saturated rings. The van der Waals surface area contributed by atoms with Crippen LogP contribution in [0.2, 0.25) is 10.0 Å². The van der Waals surface area contributed by atoms with Crippen LogP contribution >= 0.6 is 23.2 Å². The molecule has 3 aromatic rings. The Balaban J connectivity index is 1.81. The Hall–Kier alpha value is -2.73. The topological polar surface area (TPSA) is 70.4 Å². The highest BCUT2D eigenvalue weighted by atomic mass is 35.5. The smallest absolute Gasteiger partial charge is 0.326 e. The van der Waals surface area contributed by atoms with E-state index in [9.17, 15) is 4.79 Å². The van der Waals surface area contributed by atoms with Gasteiger partial charge in [-0.1, -0.05) is 54.4 Å². The van der Waals surface area contributed by atoms with Crippen molar-refractivity contribution in [3.05, 3.63) is 76.8 Å². The van der Waals surface area contributed by atoms with E-state index in [2.05, 4.69) is 17.6 Å². The fraction of sp³-hybridized carbons (Fsp3) is 0.208. The Kier molecular flexibility index (Phi) is 8.18. The predicted octanol–water partition coefficient (Wildman–Crippen LogP) is 6.28. The molecule has 3 rings (SSSR count). The maximum atomic E-state index is 13.1. The molecule has 3 aromatic carbocycles. The number of halogens is 2. The molecule has 0 aliphatic carbocycles. The highest BCUT2D eigenvalue weighted by Gasteiger charge is 2.16. The zero-order chi connectivity index (χ0) is 22.2. The molecule has 0 radical (unpaired) electrons. The number of urea groups is 1. The van der Waals surface area contributed by atoms with Crippen LogP contribution in [-0.4, -0.2) is 25.7 Å². The SMILES string of the molecule is CCCNCCN(C(=O)Nc1cc(Cl)cc(Cl)c1)c1ccc(-c2cccc(N)c2)cc1. The fourth-order valence-electron chi connectivity index (χ4n) is 3.21. The monoisotopic (exact) mass is 456 g/mol. The summed E-state index contributed by atoms with van der Waals surface area (Å²) in [5.41, 5.74) is 10.0. The molecule has 0 unspecified atom stereocenters. The number of rotatable bonds is 8. The molecule has 5 nitrogen and oxygen atoms in total. The van der Waals surface area contributed by atoms with E-state index in [0.29, 0.717) is 34.5 Å². The van der Waals surface area contributed by atoms with Crippen LogP contribution in [0.4, 0.5) is 21.9 Å². The fourth-order valence-corrected chi connectivity index (χ4v) is 3.74. The molecule has 0 atom stereocenters. The van der Waals surface area contributed by atoms with Crippen molar-refractivity contribution in [3.63, 3.8) is 0 Å². The van der Waals surface area contributed by atoms with Gasteiger partial charge >= 0.3 is 6.03 Å². The van der Waals surface area contributed by atoms with Gasteiger partial charge in [0.1, 0.15) is 0 Å². The lowest BCUT2D eigenvalue weighted by Crippen LogP contribution is -2.40. The molecule has 0 saturated heterocycles. The van der Waals surface area contributed by atoms with Gasteiger partial charge in [-0.3, -0.25) is 4.90 Å². The van der Waals surface area contributed by atoms with Gasteiger partial charge in [-0.15, -0.1) is 0 Å². The molecule has 0 aromatic heterocycles. The van der Waals surface area contributed by atoms with Crippen molar-refractivity contribution in [2.24, 2.45) is 0 Å². The van der Waals surface area contributed by atoms with Gasteiger partial charge in [-0.2, -0.15) is 0 Å². The summed E-state index contributed by atoms with van der Waals surface area (Å²) < 4.78 is 0. The highest BCUT2D eigenvalue weighted by molar-refractivity contribution is 6.35. The second-order valence-corrected chi connectivity index (χ2v) is 8.04. The quantitative estimate of drug-likeness (QED) is 0.275. The van der Waals surface area contributed by atoms with Gasteiger partial charge in [-0.25, -0.2) is 4.79 Å². The summed E-state index contributed by atoms with van der Waals surface area (Å²) in [6.45, 7) is 4.19. The summed E-state index contributed by atoms with van der Waals surface area (Å²) in [6, 6.07) is 20.3. The van der Waals surface area contributed by atoms with E-state index in [1.807, 2.05) is 48.5 Å². The van der Waals surface area contributed by atoms with E-state index in [-0.39, 0.29) is 6.03 Å². The molecule has 0 aliphatic heterocycles. The van der Waals surface area contributed by atoms with Crippen molar-refractivity contribution in [2.75, 3.05) is 35.6 Å². The molecule has 0 bridgehead atoms. The molecule has 0 saturated carbocycles. The number of nitrogens with one attached hydrogen (secondary N) is 2. The van der Waals surface area contributed by atoms with Crippen molar-refractivity contribution in [2.45, 2.75) is 13.3 Å². The summed E-state index contributed by atoms with van der Waals surface area (Å²) in [7, 11) is 0. The summed E-state index contributed by atoms with van der Waals surface area (Å²) in [5, 5.41) is 7.16. The zero-order valence-corrected chi connectivity index (χ0v) is 18.9. The number of nitrogen functional groups attached to an aromatic ring is 1. The van der Waals surface area contributed by atoms with Gasteiger partial charge < -0.3 is 16.4 Å². The Morgan fingerprint density at radius 2 is 1.65 bits per heavy atom. The van der Waals surface area contributed by atoms with E-state index in [1.165, 1.54) is 0 Å². The lowest BCUT2D eigenvalue weighted by Gasteiger charge is -2.24. The third kappa shape index (κ3) is 6.62. The molecule has 31 heavy (non-hydrogen) atoms. The Labute approximate surface area is 193 Å². The van der Waals surface area contributed by atoms with Crippen LogP contribution in [0, 0.1) is 0 Å². The van der Waals surface area contributed by atoms with E-state index < -0.39 is 0 Å². The first-order valence-electron chi connectivity index (χ1n) is 10.2. The lowest BCUT2D eigenvalue weighted by atomic mass is 10.0. The van der Waals surface area contributed by atoms with Crippen LogP contribution in [0.25, 0.3) is 11.1 Å². The first-order valence-corrected chi connectivity index (χ1v) is 10.9. The van der Waals surface area contributed by atoms with E-state index in [4.69, 9.17) is 28.9 Å². The number of amides is 2. The third-order valence-corrected chi connectivity index (χ3v) is 5.13. The number of nitrogens with zero attached hydrogens (tertiary/aromatic N) is 1. The summed E-state index contributed by atoms with van der Waals surface area (Å²) in [4.78, 5) is 14.8. The normalized spacial score (nSPS) is 10.7. The number of carbonyl (C=O) groups is 1. The molecular weight excluding hydrogens is 431 g/mol. The average Bonchev–Trinajstić information content (AvgIpc) is 2.73. The first kappa shape index (κ1) is 22.9. The van der Waals surface area contributed by atoms with Crippen molar-refractivity contribution < 1.29 is 4.79 Å². The van der Waals surface area contributed by atoms with Gasteiger partial charge in [0.2, 0.25) is 0 Å². The van der Waals surface area contributed by atoms with Gasteiger partial charge in [0.25, 0.3) is 0 Å². The molecule has 2 amide bonds. The van der Waals surface area contributed by atoms with Crippen LogP contribution in [0.1, 0.15) is 13.3 Å². The minimum atomic E-state index is -0.256. The minimum absolute atomic E-state index is 0.256. The summed E-state index contributed by atoms with van der Waals surface area (Å²) in [6.07, 6.45) is 1.03. The Bertz CT molecular complexity index is 1000. The lowest BCUT2D eigenvalue weighted by molar-refractivity contribution is 0.257. The van der Waals surface area contributed by atoms with E-state index in [1.54, 1.807) is 23.1 Å². The number of benzene rings is 3. The number of anilines is 3. The molecule has 0 aliphatic rings. The Morgan fingerprint density at radius 1 is 0.935 bits per heavy atom. The van der Waals surface area contributed by atoms with Crippen molar-refractivity contribution >= 4 is 46.3 Å². The van der Waals surface area contributed by atoms with Gasteiger partial charge in [-0.05, 0) is 66.6 Å². The number of nitrogens with two attached hydrogens (primary N) is 1. The maximum absolute atomic E-state index is 13.1. The van der Waals surface area contributed by atoms with Crippen LogP contribution in [0.5, 0.6) is 0 Å². The maximum Gasteiger partial charge on any atom is 0.326 e. The average molecular weight is 457 g/mol. The van der Waals surface area contributed by atoms with E-state index >= 15 is 0 Å². The summed E-state index contributed by atoms with van der Waals surface area (Å²) >= 11 is 12.1. The highest BCUT2D eigenvalue weighted by Crippen LogP contribution is 2.26. The van der Waals surface area contributed by atoms with Crippen LogP contribution < -0.4 is 21.3 Å². The van der Waals surface area contributed by atoms with Crippen molar-refractivity contribution in [1.82, 2.24) is 5.32 Å². The standard InChI is InChI=1S/C24H26Cl2N4O/c1-2-10-28-11-12-30(24(31)29-22-15-19(25)14-20(26)16-22)23-8-6-17(7-9-23)18-4-3-5-21(27)13-18/h3-9,13-16,28H,2,10-12,27H2,1H3,(H,29,31). The first-order chi connectivity index (χ1) is 15.0. The van der Waals surface area contributed by atoms with Crippen LogP contribution in [0.3, 0.4) is 0 Å².